The Hall–Kier alpha value is 0.530. The van der Waals surface area contributed by atoms with Gasteiger partial charge in [-0.05, 0) is 0 Å². The third-order valence-corrected chi connectivity index (χ3v) is 0. The summed E-state index contributed by atoms with van der Waals surface area (Å²) in [7, 11) is 0. The second-order valence-corrected chi connectivity index (χ2v) is 0.283. The van der Waals surface area contributed by atoms with Gasteiger partial charge < -0.3 is 10.2 Å². The molecule has 0 saturated carbocycles. The van der Waals surface area contributed by atoms with Crippen LogP contribution in [-0.4, -0.2) is 16.4 Å². The first-order valence-corrected chi connectivity index (χ1v) is 0.651. The number of hydrogen-bond donors (Lipinski definition) is 2. The normalized spacial score (nSPS) is 4.80. The zero-order chi connectivity index (χ0) is 3.58. The summed E-state index contributed by atoms with van der Waals surface area (Å²) in [5.41, 5.74) is 0. The minimum Gasteiger partial charge on any atom is -0.450 e. The maximum atomic E-state index is 8.56. The van der Waals surface area contributed by atoms with Crippen molar-refractivity contribution in [3.05, 3.63) is 0 Å². The third-order valence-electron chi connectivity index (χ3n) is 0. The van der Waals surface area contributed by atoms with Crippen molar-refractivity contribution in [1.29, 1.82) is 0 Å². The van der Waals surface area contributed by atoms with E-state index in [2.05, 4.69) is 0 Å². The van der Waals surface area contributed by atoms with Crippen LogP contribution in [0, 0.1) is 37.7 Å². The van der Waals surface area contributed by atoms with E-state index in [-0.39, 0.29) is 37.7 Å². The van der Waals surface area contributed by atoms with Gasteiger partial charge in [-0.3, -0.25) is 0 Å². The Labute approximate surface area is 58.6 Å². The van der Waals surface area contributed by atoms with Crippen LogP contribution in [-0.2, 0) is 0 Å². The first kappa shape index (κ1) is 9.11. The van der Waals surface area contributed by atoms with Crippen LogP contribution in [0.1, 0.15) is 0 Å². The van der Waals surface area contributed by atoms with Gasteiger partial charge in [0.1, 0.15) is 0 Å². The van der Waals surface area contributed by atoms with E-state index in [1.165, 1.54) is 0 Å². The van der Waals surface area contributed by atoms with E-state index in [1.54, 1.807) is 0 Å². The topological polar surface area (TPSA) is 57.5 Å². The van der Waals surface area contributed by atoms with Gasteiger partial charge in [-0.1, -0.05) is 0 Å². The van der Waals surface area contributed by atoms with Gasteiger partial charge in [0.2, 0.25) is 0 Å². The summed E-state index contributed by atoms with van der Waals surface area (Å²) in [6.45, 7) is 0. The molecule has 0 saturated heterocycles. The molecular formula is CH2HoO3. The van der Waals surface area contributed by atoms with Crippen molar-refractivity contribution in [2.75, 3.05) is 0 Å². The van der Waals surface area contributed by atoms with E-state index in [1.807, 2.05) is 0 Å². The molecule has 0 heterocycles. The van der Waals surface area contributed by atoms with Crippen molar-refractivity contribution < 1.29 is 52.7 Å². The van der Waals surface area contributed by atoms with Crippen molar-refractivity contribution >= 4 is 6.16 Å². The molecule has 0 unspecified atom stereocenters. The average Bonchev–Trinajstić information content (AvgIpc) is 0.811. The number of carboxylic acid groups (broad SMARTS) is 2. The Bertz CT molecular complexity index is 29.9. The fraction of sp³-hybridized carbons (Fsp3) is 0. The molecule has 35 valence electrons. The molecule has 5 heavy (non-hydrogen) atoms. The summed E-state index contributed by atoms with van der Waals surface area (Å²) in [6.07, 6.45) is -1.83. The molecule has 2 N–H and O–H groups in total. The van der Waals surface area contributed by atoms with Crippen LogP contribution < -0.4 is 0 Å². The molecule has 0 aliphatic carbocycles. The Kier molecular flexibility index (Phi) is 8.25. The molecule has 0 aromatic carbocycles. The first-order chi connectivity index (χ1) is 1.73. The van der Waals surface area contributed by atoms with E-state index in [0.29, 0.717) is 0 Å². The molecule has 0 rings (SSSR count). The molecule has 0 aromatic rings. The molecule has 0 fully saturated rings. The Morgan fingerprint density at radius 3 is 1.40 bits per heavy atom. The van der Waals surface area contributed by atoms with Crippen molar-refractivity contribution in [3.8, 4) is 0 Å². The summed E-state index contributed by atoms with van der Waals surface area (Å²) in [6, 6.07) is 0. The maximum Gasteiger partial charge on any atom is 0.503 e. The molecule has 0 amide bonds. The monoisotopic (exact) mass is 227 g/mol. The summed E-state index contributed by atoms with van der Waals surface area (Å²) in [4.78, 5) is 8.56. The zero-order valence-corrected chi connectivity index (χ0v) is 4.04. The van der Waals surface area contributed by atoms with Crippen LogP contribution in [0.3, 0.4) is 0 Å². The van der Waals surface area contributed by atoms with Gasteiger partial charge >= 0.3 is 6.16 Å². The molecule has 3 nitrogen and oxygen atoms in total. The minimum atomic E-state index is -1.83. The van der Waals surface area contributed by atoms with Crippen LogP contribution in [0.5, 0.6) is 0 Å². The van der Waals surface area contributed by atoms with Crippen LogP contribution in [0.25, 0.3) is 0 Å². The SMILES string of the molecule is O=C(O)O.[Ho]. The van der Waals surface area contributed by atoms with Crippen LogP contribution in [0.2, 0.25) is 0 Å². The number of carbonyl (C=O) groups is 1. The van der Waals surface area contributed by atoms with Gasteiger partial charge in [0.15, 0.2) is 0 Å². The van der Waals surface area contributed by atoms with Crippen molar-refractivity contribution in [2.24, 2.45) is 0 Å². The van der Waals surface area contributed by atoms with Crippen molar-refractivity contribution in [1.82, 2.24) is 0 Å². The van der Waals surface area contributed by atoms with Gasteiger partial charge in [0.25, 0.3) is 0 Å². The van der Waals surface area contributed by atoms with Gasteiger partial charge in [-0.25, -0.2) is 4.79 Å². The standard InChI is InChI=1S/CH2O3.Ho/c2-1(3)4;/h(H2,2,3,4);. The smallest absolute Gasteiger partial charge is 0.450 e. The molecule has 0 atom stereocenters. The number of hydrogen-bond acceptors (Lipinski definition) is 1. The molecule has 1 radical (unpaired) electrons. The van der Waals surface area contributed by atoms with Crippen molar-refractivity contribution in [2.45, 2.75) is 0 Å². The van der Waals surface area contributed by atoms with Crippen molar-refractivity contribution in [3.63, 3.8) is 0 Å². The molecule has 0 bridgehead atoms. The predicted molar refractivity (Wildman–Crippen MR) is 10.7 cm³/mol. The van der Waals surface area contributed by atoms with Gasteiger partial charge in [0.05, 0.1) is 0 Å². The summed E-state index contributed by atoms with van der Waals surface area (Å²) in [5, 5.41) is 13.9. The Balaban J connectivity index is 0. The zero-order valence-electron chi connectivity index (χ0n) is 2.10. The van der Waals surface area contributed by atoms with Crippen LogP contribution in [0.15, 0.2) is 0 Å². The second-order valence-electron chi connectivity index (χ2n) is 0.283. The summed E-state index contributed by atoms with van der Waals surface area (Å²) in [5.74, 6) is 0. The van der Waals surface area contributed by atoms with E-state index in [0.717, 1.165) is 0 Å². The fourth-order valence-electron chi connectivity index (χ4n) is 0. The largest absolute Gasteiger partial charge is 0.503 e. The first-order valence-electron chi connectivity index (χ1n) is 0.651. The molecule has 0 aromatic heterocycles. The van der Waals surface area contributed by atoms with E-state index < -0.39 is 6.16 Å². The average molecular weight is 227 g/mol. The van der Waals surface area contributed by atoms with E-state index in [9.17, 15) is 0 Å². The molecule has 4 heteroatoms. The second kappa shape index (κ2) is 4.53. The third kappa shape index (κ3) is 103. The maximum absolute atomic E-state index is 8.56. The quantitative estimate of drug-likeness (QED) is 0.582. The van der Waals surface area contributed by atoms with Crippen LogP contribution in [0.4, 0.5) is 4.79 Å². The summed E-state index contributed by atoms with van der Waals surface area (Å²) >= 11 is 0. The van der Waals surface area contributed by atoms with Gasteiger partial charge in [-0.15, -0.1) is 0 Å². The van der Waals surface area contributed by atoms with Gasteiger partial charge in [0, 0.05) is 37.7 Å². The van der Waals surface area contributed by atoms with Gasteiger partial charge in [-0.2, -0.15) is 0 Å². The van der Waals surface area contributed by atoms with Crippen LogP contribution >= 0.6 is 0 Å². The molecular weight excluding hydrogens is 225 g/mol. The molecule has 0 spiro atoms. The number of rotatable bonds is 0. The van der Waals surface area contributed by atoms with E-state index >= 15 is 0 Å². The Morgan fingerprint density at radius 2 is 1.40 bits per heavy atom. The minimum absolute atomic E-state index is 0. The van der Waals surface area contributed by atoms with E-state index in [4.69, 9.17) is 15.0 Å². The fourth-order valence-corrected chi connectivity index (χ4v) is 0. The molecule has 0 aliphatic rings. The summed E-state index contributed by atoms with van der Waals surface area (Å²) < 4.78 is 0. The molecule has 0 aliphatic heterocycles. The predicted octanol–water partition coefficient (Wildman–Crippen LogP) is 0.222. The Morgan fingerprint density at radius 1 is 1.40 bits per heavy atom.